The lowest BCUT2D eigenvalue weighted by atomic mass is 10.1. The maximum atomic E-state index is 12.4. The molecule has 0 saturated carbocycles. The third-order valence-electron chi connectivity index (χ3n) is 3.33. The molecule has 0 aliphatic rings. The van der Waals surface area contributed by atoms with Crippen LogP contribution in [0.1, 0.15) is 24.9 Å². The maximum absolute atomic E-state index is 12.4. The van der Waals surface area contributed by atoms with Crippen LogP contribution in [-0.2, 0) is 11.3 Å². The molecular weight excluding hydrogens is 266 g/mol. The van der Waals surface area contributed by atoms with E-state index in [1.165, 1.54) is 10.6 Å². The van der Waals surface area contributed by atoms with Crippen LogP contribution in [0.25, 0.3) is 0 Å². The van der Waals surface area contributed by atoms with Gasteiger partial charge in [0.1, 0.15) is 6.04 Å². The fourth-order valence-corrected chi connectivity index (χ4v) is 2.16. The molecular formula is C16H19N3O2. The second-order valence-electron chi connectivity index (χ2n) is 4.76. The lowest BCUT2D eigenvalue weighted by molar-refractivity contribution is -0.119. The second-order valence-corrected chi connectivity index (χ2v) is 4.76. The Hall–Kier alpha value is -2.40. The van der Waals surface area contributed by atoms with Gasteiger partial charge in [0.25, 0.3) is 5.56 Å². The minimum atomic E-state index is -0.520. The molecule has 0 spiro atoms. The Labute approximate surface area is 123 Å². The van der Waals surface area contributed by atoms with Crippen LogP contribution in [-0.4, -0.2) is 10.5 Å². The third kappa shape index (κ3) is 3.58. The molecule has 0 radical (unpaired) electrons. The van der Waals surface area contributed by atoms with E-state index in [0.29, 0.717) is 18.7 Å². The molecule has 0 aliphatic carbocycles. The number of rotatable bonds is 5. The Morgan fingerprint density at radius 3 is 2.52 bits per heavy atom. The first-order chi connectivity index (χ1) is 10.2. The van der Waals surface area contributed by atoms with Gasteiger partial charge in [-0.25, -0.2) is 0 Å². The fourth-order valence-electron chi connectivity index (χ4n) is 2.16. The third-order valence-corrected chi connectivity index (χ3v) is 3.33. The van der Waals surface area contributed by atoms with E-state index in [2.05, 4.69) is 5.32 Å². The van der Waals surface area contributed by atoms with Crippen molar-refractivity contribution in [2.75, 3.05) is 5.32 Å². The van der Waals surface area contributed by atoms with Gasteiger partial charge in [0.15, 0.2) is 0 Å². The Morgan fingerprint density at radius 2 is 1.95 bits per heavy atom. The summed E-state index contributed by atoms with van der Waals surface area (Å²) in [5.41, 5.74) is 7.05. The van der Waals surface area contributed by atoms with E-state index in [1.54, 1.807) is 30.5 Å². The predicted molar refractivity (Wildman–Crippen MR) is 83.0 cm³/mol. The van der Waals surface area contributed by atoms with Crippen LogP contribution < -0.4 is 16.6 Å². The number of nitrogens with one attached hydrogen (secondary N) is 1. The number of nitrogens with zero attached hydrogens (tertiary/aromatic N) is 1. The SMILES string of the molecule is CCC(C(=O)Nc1ccc(CN)cc1)n1ccccc1=O. The lowest BCUT2D eigenvalue weighted by Crippen LogP contribution is -2.32. The number of carbonyl (C=O) groups is 1. The zero-order valence-corrected chi connectivity index (χ0v) is 12.0. The van der Waals surface area contributed by atoms with E-state index in [9.17, 15) is 9.59 Å². The van der Waals surface area contributed by atoms with Gasteiger partial charge in [0.2, 0.25) is 5.91 Å². The van der Waals surface area contributed by atoms with Gasteiger partial charge in [-0.3, -0.25) is 9.59 Å². The molecule has 1 aromatic heterocycles. The summed E-state index contributed by atoms with van der Waals surface area (Å²) in [6.45, 7) is 2.34. The molecule has 5 heteroatoms. The smallest absolute Gasteiger partial charge is 0.251 e. The van der Waals surface area contributed by atoms with Crippen LogP contribution in [0.2, 0.25) is 0 Å². The zero-order chi connectivity index (χ0) is 15.2. The molecule has 1 amide bonds. The molecule has 1 unspecified atom stereocenters. The summed E-state index contributed by atoms with van der Waals surface area (Å²) in [5.74, 6) is -0.203. The van der Waals surface area contributed by atoms with Gasteiger partial charge >= 0.3 is 0 Å². The first kappa shape index (κ1) is 15.0. The fraction of sp³-hybridized carbons (Fsp3) is 0.250. The highest BCUT2D eigenvalue weighted by Crippen LogP contribution is 2.14. The van der Waals surface area contributed by atoms with Crippen LogP contribution in [0.15, 0.2) is 53.5 Å². The van der Waals surface area contributed by atoms with Crippen molar-refractivity contribution >= 4 is 11.6 Å². The quantitative estimate of drug-likeness (QED) is 0.880. The van der Waals surface area contributed by atoms with Gasteiger partial charge < -0.3 is 15.6 Å². The Morgan fingerprint density at radius 1 is 1.24 bits per heavy atom. The molecule has 1 atom stereocenters. The van der Waals surface area contributed by atoms with Crippen molar-refractivity contribution in [1.82, 2.24) is 4.57 Å². The first-order valence-corrected chi connectivity index (χ1v) is 6.92. The van der Waals surface area contributed by atoms with E-state index in [0.717, 1.165) is 5.56 Å². The number of pyridine rings is 1. The summed E-state index contributed by atoms with van der Waals surface area (Å²) < 4.78 is 1.45. The first-order valence-electron chi connectivity index (χ1n) is 6.92. The largest absolute Gasteiger partial charge is 0.326 e. The number of amides is 1. The average molecular weight is 285 g/mol. The van der Waals surface area contributed by atoms with Gasteiger partial charge in [-0.2, -0.15) is 0 Å². The number of carbonyl (C=O) groups excluding carboxylic acids is 1. The Kier molecular flexibility index (Phi) is 4.90. The van der Waals surface area contributed by atoms with Gasteiger partial charge in [-0.05, 0) is 30.2 Å². The molecule has 0 aliphatic heterocycles. The van der Waals surface area contributed by atoms with Crippen molar-refractivity contribution in [3.05, 3.63) is 64.6 Å². The second kappa shape index (κ2) is 6.85. The van der Waals surface area contributed by atoms with Gasteiger partial charge in [-0.15, -0.1) is 0 Å². The Bertz CT molecular complexity index is 662. The number of hydrogen-bond acceptors (Lipinski definition) is 3. The molecule has 1 heterocycles. The molecule has 1 aromatic carbocycles. The van der Waals surface area contributed by atoms with Crippen LogP contribution >= 0.6 is 0 Å². The van der Waals surface area contributed by atoms with Crippen molar-refractivity contribution in [3.8, 4) is 0 Å². The van der Waals surface area contributed by atoms with Crippen LogP contribution in [0.5, 0.6) is 0 Å². The standard InChI is InChI=1S/C16H19N3O2/c1-2-14(19-10-4-3-5-15(19)20)16(21)18-13-8-6-12(11-17)7-9-13/h3-10,14H,2,11,17H2,1H3,(H,18,21). The zero-order valence-electron chi connectivity index (χ0n) is 12.0. The topological polar surface area (TPSA) is 77.1 Å². The van der Waals surface area contributed by atoms with Crippen LogP contribution in [0.4, 0.5) is 5.69 Å². The van der Waals surface area contributed by atoms with Gasteiger partial charge in [0, 0.05) is 24.5 Å². The molecule has 21 heavy (non-hydrogen) atoms. The van der Waals surface area contributed by atoms with Crippen LogP contribution in [0, 0.1) is 0 Å². The molecule has 0 bridgehead atoms. The molecule has 0 saturated heterocycles. The van der Waals surface area contributed by atoms with Crippen molar-refractivity contribution in [3.63, 3.8) is 0 Å². The van der Waals surface area contributed by atoms with Crippen molar-refractivity contribution in [1.29, 1.82) is 0 Å². The number of anilines is 1. The minimum absolute atomic E-state index is 0.182. The molecule has 3 N–H and O–H groups in total. The summed E-state index contributed by atoms with van der Waals surface area (Å²) >= 11 is 0. The average Bonchev–Trinajstić information content (AvgIpc) is 2.50. The summed E-state index contributed by atoms with van der Waals surface area (Å²) in [6, 6.07) is 11.7. The van der Waals surface area contributed by atoms with Gasteiger partial charge in [-0.1, -0.05) is 25.1 Å². The van der Waals surface area contributed by atoms with Crippen molar-refractivity contribution < 1.29 is 4.79 Å². The van der Waals surface area contributed by atoms with E-state index in [4.69, 9.17) is 5.73 Å². The van der Waals surface area contributed by atoms with Crippen molar-refractivity contribution in [2.45, 2.75) is 25.9 Å². The summed E-state index contributed by atoms with van der Waals surface area (Å²) in [6.07, 6.45) is 2.17. The van der Waals surface area contributed by atoms with E-state index in [-0.39, 0.29) is 11.5 Å². The monoisotopic (exact) mass is 285 g/mol. The van der Waals surface area contributed by atoms with E-state index in [1.807, 2.05) is 19.1 Å². The number of hydrogen-bond donors (Lipinski definition) is 2. The van der Waals surface area contributed by atoms with E-state index < -0.39 is 6.04 Å². The molecule has 2 rings (SSSR count). The van der Waals surface area contributed by atoms with Crippen LogP contribution in [0.3, 0.4) is 0 Å². The molecule has 5 nitrogen and oxygen atoms in total. The maximum Gasteiger partial charge on any atom is 0.251 e. The highest BCUT2D eigenvalue weighted by atomic mass is 16.2. The highest BCUT2D eigenvalue weighted by molar-refractivity contribution is 5.93. The van der Waals surface area contributed by atoms with E-state index >= 15 is 0 Å². The minimum Gasteiger partial charge on any atom is -0.326 e. The summed E-state index contributed by atoms with van der Waals surface area (Å²) in [4.78, 5) is 24.2. The number of nitrogens with two attached hydrogens (primary N) is 1. The molecule has 0 fully saturated rings. The normalized spacial score (nSPS) is 11.9. The molecule has 110 valence electrons. The number of benzene rings is 1. The summed E-state index contributed by atoms with van der Waals surface area (Å²) in [7, 11) is 0. The summed E-state index contributed by atoms with van der Waals surface area (Å²) in [5, 5.41) is 2.83. The highest BCUT2D eigenvalue weighted by Gasteiger charge is 2.19. The predicted octanol–water partition coefficient (Wildman–Crippen LogP) is 1.90. The Balaban J connectivity index is 2.17. The lowest BCUT2D eigenvalue weighted by Gasteiger charge is -2.17. The molecule has 2 aromatic rings. The van der Waals surface area contributed by atoms with Crippen molar-refractivity contribution in [2.24, 2.45) is 5.73 Å². The van der Waals surface area contributed by atoms with Gasteiger partial charge in [0.05, 0.1) is 0 Å². The number of aromatic nitrogens is 1.